The van der Waals surface area contributed by atoms with Crippen molar-refractivity contribution < 1.29 is 9.84 Å². The van der Waals surface area contributed by atoms with Gasteiger partial charge in [-0.15, -0.1) is 0 Å². The van der Waals surface area contributed by atoms with Crippen molar-refractivity contribution in [3.05, 3.63) is 16.0 Å². The van der Waals surface area contributed by atoms with Crippen molar-refractivity contribution in [2.24, 2.45) is 0 Å². The predicted molar refractivity (Wildman–Crippen MR) is 68.4 cm³/mol. The first-order chi connectivity index (χ1) is 8.11. The van der Waals surface area contributed by atoms with Crippen molar-refractivity contribution in [2.75, 3.05) is 24.7 Å². The summed E-state index contributed by atoms with van der Waals surface area (Å²) >= 11 is 9.21. The number of ether oxygens (including phenoxy) is 1. The van der Waals surface area contributed by atoms with Crippen molar-refractivity contribution in [1.29, 1.82) is 0 Å². The van der Waals surface area contributed by atoms with Crippen molar-refractivity contribution in [1.82, 2.24) is 9.97 Å². The lowest BCUT2D eigenvalue weighted by molar-refractivity contribution is -0.0106. The van der Waals surface area contributed by atoms with Crippen LogP contribution in [0.15, 0.2) is 10.7 Å². The third-order valence-corrected chi connectivity index (χ3v) is 3.42. The normalized spacial score (nSPS) is 25.1. The fraction of sp³-hybridized carbons (Fsp3) is 0.600. The molecular formula is C10H13BrClN3O2. The quantitative estimate of drug-likeness (QED) is 0.836. The third kappa shape index (κ3) is 2.88. The molecule has 7 heteroatoms. The van der Waals surface area contributed by atoms with Crippen LogP contribution in [0.5, 0.6) is 0 Å². The van der Waals surface area contributed by atoms with Gasteiger partial charge in [-0.05, 0) is 34.5 Å². The largest absolute Gasteiger partial charge is 0.394 e. The predicted octanol–water partition coefficient (Wildman–Crippen LogP) is 1.48. The maximum absolute atomic E-state index is 9.14. The average molecular weight is 323 g/mol. The number of hydrogen-bond acceptors (Lipinski definition) is 5. The molecule has 0 spiro atoms. The highest BCUT2D eigenvalue weighted by molar-refractivity contribution is 9.10. The Morgan fingerprint density at radius 2 is 2.47 bits per heavy atom. The molecule has 2 heterocycles. The molecule has 1 aliphatic heterocycles. The molecule has 0 aromatic carbocycles. The standard InChI is InChI=1S/C10H13BrClN3O2/c1-6-5-17-7(4-16)3-15(6)9-8(11)2-13-10(12)14-9/h2,6-7,16H,3-5H2,1H3. The highest BCUT2D eigenvalue weighted by atomic mass is 79.9. The molecule has 0 saturated carbocycles. The molecular weight excluding hydrogens is 309 g/mol. The van der Waals surface area contributed by atoms with Crippen molar-refractivity contribution in [3.8, 4) is 0 Å². The van der Waals surface area contributed by atoms with Crippen LogP contribution in [-0.2, 0) is 4.74 Å². The van der Waals surface area contributed by atoms with Gasteiger partial charge in [0.15, 0.2) is 0 Å². The van der Waals surface area contributed by atoms with Crippen LogP contribution in [0.4, 0.5) is 5.82 Å². The van der Waals surface area contributed by atoms with E-state index in [0.29, 0.717) is 13.2 Å². The average Bonchev–Trinajstić information content (AvgIpc) is 2.33. The van der Waals surface area contributed by atoms with E-state index in [1.807, 2.05) is 6.92 Å². The van der Waals surface area contributed by atoms with Crippen LogP contribution in [0.25, 0.3) is 0 Å². The molecule has 2 unspecified atom stereocenters. The molecule has 2 atom stereocenters. The smallest absolute Gasteiger partial charge is 0.224 e. The van der Waals surface area contributed by atoms with E-state index in [4.69, 9.17) is 21.4 Å². The van der Waals surface area contributed by atoms with E-state index in [0.717, 1.165) is 10.3 Å². The second-order valence-electron chi connectivity index (χ2n) is 3.95. The molecule has 17 heavy (non-hydrogen) atoms. The van der Waals surface area contributed by atoms with E-state index in [9.17, 15) is 0 Å². The number of aliphatic hydroxyl groups excluding tert-OH is 1. The van der Waals surface area contributed by atoms with Gasteiger partial charge < -0.3 is 14.7 Å². The van der Waals surface area contributed by atoms with E-state index in [1.165, 1.54) is 0 Å². The Labute approximate surface area is 113 Å². The fourth-order valence-electron chi connectivity index (χ4n) is 1.76. The van der Waals surface area contributed by atoms with Crippen LogP contribution >= 0.6 is 27.5 Å². The first-order valence-electron chi connectivity index (χ1n) is 5.29. The summed E-state index contributed by atoms with van der Waals surface area (Å²) in [6.07, 6.45) is 1.44. The first-order valence-corrected chi connectivity index (χ1v) is 6.46. The maximum Gasteiger partial charge on any atom is 0.224 e. The number of aromatic nitrogens is 2. The van der Waals surface area contributed by atoms with Crippen LogP contribution in [0.3, 0.4) is 0 Å². The molecule has 0 amide bonds. The van der Waals surface area contributed by atoms with Crippen LogP contribution in [0, 0.1) is 0 Å². The summed E-state index contributed by atoms with van der Waals surface area (Å²) in [5.74, 6) is 0.735. The van der Waals surface area contributed by atoms with Gasteiger partial charge in [-0.1, -0.05) is 0 Å². The number of rotatable bonds is 2. The van der Waals surface area contributed by atoms with Gasteiger partial charge in [0.25, 0.3) is 0 Å². The molecule has 0 bridgehead atoms. The number of morpholine rings is 1. The van der Waals surface area contributed by atoms with Crippen LogP contribution < -0.4 is 4.90 Å². The Morgan fingerprint density at radius 3 is 3.18 bits per heavy atom. The van der Waals surface area contributed by atoms with Gasteiger partial charge in [0.05, 0.1) is 29.8 Å². The Balaban J connectivity index is 2.27. The summed E-state index contributed by atoms with van der Waals surface area (Å²) in [6.45, 7) is 3.18. The maximum atomic E-state index is 9.14. The lowest BCUT2D eigenvalue weighted by Gasteiger charge is -2.38. The Kier molecular flexibility index (Phi) is 4.19. The third-order valence-electron chi connectivity index (χ3n) is 2.68. The second-order valence-corrected chi connectivity index (χ2v) is 5.14. The zero-order chi connectivity index (χ0) is 12.4. The number of hydrogen-bond donors (Lipinski definition) is 1. The van der Waals surface area contributed by atoms with E-state index in [2.05, 4.69) is 30.8 Å². The van der Waals surface area contributed by atoms with Crippen LogP contribution in [0.1, 0.15) is 6.92 Å². The van der Waals surface area contributed by atoms with Crippen molar-refractivity contribution in [3.63, 3.8) is 0 Å². The Morgan fingerprint density at radius 1 is 1.71 bits per heavy atom. The number of nitrogens with zero attached hydrogens (tertiary/aromatic N) is 3. The SMILES string of the molecule is CC1COC(CO)CN1c1nc(Cl)ncc1Br. The summed E-state index contributed by atoms with van der Waals surface area (Å²) in [4.78, 5) is 10.2. The zero-order valence-corrected chi connectivity index (χ0v) is 11.6. The van der Waals surface area contributed by atoms with Gasteiger partial charge >= 0.3 is 0 Å². The van der Waals surface area contributed by atoms with Crippen molar-refractivity contribution >= 4 is 33.3 Å². The molecule has 1 aromatic heterocycles. The first kappa shape index (κ1) is 13.0. The van der Waals surface area contributed by atoms with Gasteiger partial charge in [0.2, 0.25) is 5.28 Å². The fourth-order valence-corrected chi connectivity index (χ4v) is 2.31. The van der Waals surface area contributed by atoms with E-state index < -0.39 is 0 Å². The molecule has 1 fully saturated rings. The zero-order valence-electron chi connectivity index (χ0n) is 9.31. The number of aliphatic hydroxyl groups is 1. The summed E-state index contributed by atoms with van der Waals surface area (Å²) in [5.41, 5.74) is 0. The van der Waals surface area contributed by atoms with Gasteiger partial charge in [-0.2, -0.15) is 4.98 Å². The summed E-state index contributed by atoms with van der Waals surface area (Å²) in [6, 6.07) is 0.181. The van der Waals surface area contributed by atoms with Gasteiger partial charge in [-0.25, -0.2) is 4.98 Å². The molecule has 0 aliphatic carbocycles. The van der Waals surface area contributed by atoms with Crippen molar-refractivity contribution in [2.45, 2.75) is 19.1 Å². The summed E-state index contributed by atoms with van der Waals surface area (Å²) in [5, 5.41) is 9.35. The van der Waals surface area contributed by atoms with E-state index >= 15 is 0 Å². The Hall–Kier alpha value is -0.430. The summed E-state index contributed by atoms with van der Waals surface area (Å²) in [7, 11) is 0. The minimum absolute atomic E-state index is 0.000342. The van der Waals surface area contributed by atoms with E-state index in [1.54, 1.807) is 6.20 Å². The van der Waals surface area contributed by atoms with Gasteiger partial charge in [0.1, 0.15) is 5.82 Å². The minimum Gasteiger partial charge on any atom is -0.394 e. The highest BCUT2D eigenvalue weighted by Crippen LogP contribution is 2.28. The Bertz CT molecular complexity index is 407. The van der Waals surface area contributed by atoms with Crippen LogP contribution in [0.2, 0.25) is 5.28 Å². The molecule has 1 N–H and O–H groups in total. The molecule has 0 radical (unpaired) electrons. The lowest BCUT2D eigenvalue weighted by Crippen LogP contribution is -2.50. The number of halogens is 2. The topological polar surface area (TPSA) is 58.5 Å². The monoisotopic (exact) mass is 321 g/mol. The minimum atomic E-state index is -0.188. The summed E-state index contributed by atoms with van der Waals surface area (Å²) < 4.78 is 6.26. The molecule has 1 aliphatic rings. The van der Waals surface area contributed by atoms with Gasteiger partial charge in [0, 0.05) is 12.7 Å². The van der Waals surface area contributed by atoms with Crippen LogP contribution in [-0.4, -0.2) is 47.0 Å². The highest BCUT2D eigenvalue weighted by Gasteiger charge is 2.28. The molecule has 1 aromatic rings. The lowest BCUT2D eigenvalue weighted by atomic mass is 10.2. The number of anilines is 1. The van der Waals surface area contributed by atoms with E-state index in [-0.39, 0.29) is 24.0 Å². The molecule has 1 saturated heterocycles. The molecule has 5 nitrogen and oxygen atoms in total. The van der Waals surface area contributed by atoms with Gasteiger partial charge in [-0.3, -0.25) is 0 Å². The molecule has 94 valence electrons. The second kappa shape index (κ2) is 5.48. The molecule has 2 rings (SSSR count).